The van der Waals surface area contributed by atoms with Gasteiger partial charge in [-0.3, -0.25) is 9.48 Å². The third-order valence-corrected chi connectivity index (χ3v) is 2.65. The number of likely N-dealkylation sites (N-methyl/N-ethyl adjacent to an activating group) is 1. The molecule has 1 atom stereocenters. The Hall–Kier alpha value is -1.36. The number of carbonyl (C=O) groups excluding carboxylic acids is 1. The van der Waals surface area contributed by atoms with Crippen molar-refractivity contribution in [1.82, 2.24) is 14.7 Å². The lowest BCUT2D eigenvalue weighted by Gasteiger charge is -2.18. The zero-order valence-corrected chi connectivity index (χ0v) is 11.1. The van der Waals surface area contributed by atoms with Crippen molar-refractivity contribution >= 4 is 5.91 Å². The van der Waals surface area contributed by atoms with E-state index in [1.165, 1.54) is 4.90 Å². The van der Waals surface area contributed by atoms with Crippen molar-refractivity contribution in [3.05, 3.63) is 17.5 Å². The minimum Gasteiger partial charge on any atom is -0.392 e. The fourth-order valence-corrected chi connectivity index (χ4v) is 1.84. The number of aliphatic hydroxyl groups excluding tert-OH is 1. The number of aromatic nitrogens is 2. The van der Waals surface area contributed by atoms with Gasteiger partial charge in [0.15, 0.2) is 0 Å². The van der Waals surface area contributed by atoms with E-state index >= 15 is 0 Å². The Balaban J connectivity index is 2.90. The number of amides is 1. The highest BCUT2D eigenvalue weighted by Gasteiger charge is 2.19. The molecule has 0 aliphatic heterocycles. The Kier molecular flexibility index (Phi) is 4.28. The van der Waals surface area contributed by atoms with E-state index in [2.05, 4.69) is 5.10 Å². The van der Waals surface area contributed by atoms with Crippen LogP contribution >= 0.6 is 0 Å². The fraction of sp³-hybridized carbons (Fsp3) is 0.667. The molecule has 1 rings (SSSR count). The summed E-state index contributed by atoms with van der Waals surface area (Å²) in [4.78, 5) is 13.6. The number of aliphatic hydroxyl groups is 1. The van der Waals surface area contributed by atoms with Crippen molar-refractivity contribution in [3.8, 4) is 0 Å². The minimum absolute atomic E-state index is 0.102. The maximum absolute atomic E-state index is 12.1. The Morgan fingerprint density at radius 3 is 2.53 bits per heavy atom. The van der Waals surface area contributed by atoms with Gasteiger partial charge < -0.3 is 10.0 Å². The molecule has 1 aromatic rings. The van der Waals surface area contributed by atoms with Crippen LogP contribution < -0.4 is 0 Å². The lowest BCUT2D eigenvalue weighted by atomic mass is 10.2. The van der Waals surface area contributed by atoms with Gasteiger partial charge in [-0.2, -0.15) is 5.10 Å². The maximum atomic E-state index is 12.1. The van der Waals surface area contributed by atoms with Gasteiger partial charge >= 0.3 is 0 Å². The first-order valence-electron chi connectivity index (χ1n) is 5.82. The van der Waals surface area contributed by atoms with E-state index in [0.717, 1.165) is 5.69 Å². The second-order valence-corrected chi connectivity index (χ2v) is 4.72. The molecule has 1 heterocycles. The number of hydrogen-bond donors (Lipinski definition) is 1. The van der Waals surface area contributed by atoms with Gasteiger partial charge in [0, 0.05) is 25.3 Å². The average Bonchev–Trinajstić information content (AvgIpc) is 2.57. The quantitative estimate of drug-likeness (QED) is 0.859. The molecule has 5 heteroatoms. The van der Waals surface area contributed by atoms with Crippen molar-refractivity contribution in [2.45, 2.75) is 39.8 Å². The molecule has 0 fully saturated rings. The number of hydrogen-bond acceptors (Lipinski definition) is 3. The van der Waals surface area contributed by atoms with E-state index in [1.807, 2.05) is 25.5 Å². The lowest BCUT2D eigenvalue weighted by Crippen LogP contribution is -2.33. The van der Waals surface area contributed by atoms with E-state index in [1.54, 1.807) is 20.2 Å². The number of rotatable bonds is 4. The Morgan fingerprint density at radius 2 is 2.12 bits per heavy atom. The highest BCUT2D eigenvalue weighted by molar-refractivity contribution is 5.94. The molecule has 0 saturated carbocycles. The van der Waals surface area contributed by atoms with Crippen LogP contribution in [0.2, 0.25) is 0 Å². The van der Waals surface area contributed by atoms with Crippen LogP contribution in [-0.2, 0) is 0 Å². The summed E-state index contributed by atoms with van der Waals surface area (Å²) in [6.07, 6.45) is 1.07. The van der Waals surface area contributed by atoms with Gasteiger partial charge in [0.05, 0.1) is 17.9 Å². The van der Waals surface area contributed by atoms with Gasteiger partial charge in [0.1, 0.15) is 0 Å². The van der Waals surface area contributed by atoms with Gasteiger partial charge in [0.25, 0.3) is 5.91 Å². The van der Waals surface area contributed by atoms with E-state index < -0.39 is 6.10 Å². The minimum atomic E-state index is -0.524. The highest BCUT2D eigenvalue weighted by atomic mass is 16.3. The molecule has 5 nitrogen and oxygen atoms in total. The molecule has 1 amide bonds. The van der Waals surface area contributed by atoms with Gasteiger partial charge in [0.2, 0.25) is 0 Å². The first kappa shape index (κ1) is 13.7. The third kappa shape index (κ3) is 3.06. The average molecular weight is 239 g/mol. The fourth-order valence-electron chi connectivity index (χ4n) is 1.84. The zero-order chi connectivity index (χ0) is 13.2. The molecule has 0 aromatic carbocycles. The molecule has 0 radical (unpaired) electrons. The molecular formula is C12H21N3O2. The Morgan fingerprint density at radius 1 is 1.53 bits per heavy atom. The van der Waals surface area contributed by atoms with Crippen molar-refractivity contribution in [2.24, 2.45) is 0 Å². The molecule has 1 N–H and O–H groups in total. The molecule has 0 bridgehead atoms. The van der Waals surface area contributed by atoms with E-state index in [0.29, 0.717) is 12.1 Å². The standard InChI is InChI=1S/C12H21N3O2/c1-8(2)15-10(4)11(6-13-15)12(17)14(5)7-9(3)16/h6,8-9,16H,7H2,1-5H3. The van der Waals surface area contributed by atoms with Crippen molar-refractivity contribution in [1.29, 1.82) is 0 Å². The van der Waals surface area contributed by atoms with Crippen LogP contribution in [0.1, 0.15) is 42.9 Å². The summed E-state index contributed by atoms with van der Waals surface area (Å²) in [7, 11) is 1.68. The summed E-state index contributed by atoms with van der Waals surface area (Å²) in [6, 6.07) is 0.235. The van der Waals surface area contributed by atoms with Crippen LogP contribution in [0.3, 0.4) is 0 Å². The smallest absolute Gasteiger partial charge is 0.257 e. The summed E-state index contributed by atoms with van der Waals surface area (Å²) in [5.41, 5.74) is 1.46. The van der Waals surface area contributed by atoms with Gasteiger partial charge in [-0.05, 0) is 27.7 Å². The predicted octanol–water partition coefficient (Wildman–Crippen LogP) is 1.23. The maximum Gasteiger partial charge on any atom is 0.257 e. The van der Waals surface area contributed by atoms with Crippen molar-refractivity contribution in [3.63, 3.8) is 0 Å². The van der Waals surface area contributed by atoms with Crippen LogP contribution in [-0.4, -0.2) is 45.4 Å². The first-order valence-corrected chi connectivity index (χ1v) is 5.82. The number of nitrogens with zero attached hydrogens (tertiary/aromatic N) is 3. The normalized spacial score (nSPS) is 12.9. The molecule has 17 heavy (non-hydrogen) atoms. The SMILES string of the molecule is Cc1c(C(=O)N(C)CC(C)O)cnn1C(C)C. The second kappa shape index (κ2) is 5.31. The highest BCUT2D eigenvalue weighted by Crippen LogP contribution is 2.14. The first-order chi connectivity index (χ1) is 7.84. The second-order valence-electron chi connectivity index (χ2n) is 4.72. The molecule has 96 valence electrons. The summed E-state index contributed by atoms with van der Waals surface area (Å²) >= 11 is 0. The predicted molar refractivity (Wildman–Crippen MR) is 66.0 cm³/mol. The summed E-state index contributed by atoms with van der Waals surface area (Å²) in [5.74, 6) is -0.102. The Bertz CT molecular complexity index is 396. The monoisotopic (exact) mass is 239 g/mol. The van der Waals surface area contributed by atoms with E-state index in [9.17, 15) is 9.90 Å². The van der Waals surface area contributed by atoms with Gasteiger partial charge in [-0.15, -0.1) is 0 Å². The van der Waals surface area contributed by atoms with Gasteiger partial charge in [-0.25, -0.2) is 0 Å². The largest absolute Gasteiger partial charge is 0.392 e. The van der Waals surface area contributed by atoms with Crippen molar-refractivity contribution in [2.75, 3.05) is 13.6 Å². The third-order valence-electron chi connectivity index (χ3n) is 2.65. The van der Waals surface area contributed by atoms with Gasteiger partial charge in [-0.1, -0.05) is 0 Å². The zero-order valence-electron chi connectivity index (χ0n) is 11.1. The van der Waals surface area contributed by atoms with Crippen LogP contribution in [0.4, 0.5) is 0 Å². The molecule has 1 aromatic heterocycles. The van der Waals surface area contributed by atoms with E-state index in [-0.39, 0.29) is 11.9 Å². The molecule has 0 aliphatic carbocycles. The number of carbonyl (C=O) groups is 1. The Labute approximate surface area is 102 Å². The molecule has 1 unspecified atom stereocenters. The van der Waals surface area contributed by atoms with Crippen LogP contribution in [0.25, 0.3) is 0 Å². The lowest BCUT2D eigenvalue weighted by molar-refractivity contribution is 0.0703. The molecular weight excluding hydrogens is 218 g/mol. The molecule has 0 aliphatic rings. The topological polar surface area (TPSA) is 58.4 Å². The van der Waals surface area contributed by atoms with Crippen molar-refractivity contribution < 1.29 is 9.90 Å². The van der Waals surface area contributed by atoms with Crippen LogP contribution in [0.5, 0.6) is 0 Å². The summed E-state index contributed by atoms with van der Waals surface area (Å²) in [5, 5.41) is 13.5. The molecule has 0 spiro atoms. The van der Waals surface area contributed by atoms with Crippen LogP contribution in [0, 0.1) is 6.92 Å². The van der Waals surface area contributed by atoms with Crippen LogP contribution in [0.15, 0.2) is 6.20 Å². The van der Waals surface area contributed by atoms with E-state index in [4.69, 9.17) is 0 Å². The molecule has 0 saturated heterocycles. The summed E-state index contributed by atoms with van der Waals surface area (Å²) < 4.78 is 1.82. The summed E-state index contributed by atoms with van der Waals surface area (Å²) in [6.45, 7) is 7.91.